The molecule has 16 heavy (non-hydrogen) atoms. The Morgan fingerprint density at radius 1 is 1.25 bits per heavy atom. The standard InChI is InChI=1S/C12H18Cl2N2/c1-3-9(7-15-2)8-16-12-5-4-10(13)6-11(12)14/h4-6,9,15-16H,3,7-8H2,1-2H3. The molecule has 1 atom stereocenters. The van der Waals surface area contributed by atoms with Crippen molar-refractivity contribution < 1.29 is 0 Å². The zero-order valence-electron chi connectivity index (χ0n) is 9.69. The maximum absolute atomic E-state index is 6.07. The quantitative estimate of drug-likeness (QED) is 0.816. The molecule has 0 radical (unpaired) electrons. The van der Waals surface area contributed by atoms with Gasteiger partial charge in [-0.1, -0.05) is 36.5 Å². The van der Waals surface area contributed by atoms with Gasteiger partial charge in [0.15, 0.2) is 0 Å². The Labute approximate surface area is 107 Å². The van der Waals surface area contributed by atoms with Gasteiger partial charge in [-0.2, -0.15) is 0 Å². The van der Waals surface area contributed by atoms with Crippen molar-refractivity contribution in [3.05, 3.63) is 28.2 Å². The summed E-state index contributed by atoms with van der Waals surface area (Å²) in [5.74, 6) is 0.608. The van der Waals surface area contributed by atoms with Crippen molar-refractivity contribution in [2.24, 2.45) is 5.92 Å². The van der Waals surface area contributed by atoms with Crippen LogP contribution in [-0.4, -0.2) is 20.1 Å². The first-order valence-electron chi connectivity index (χ1n) is 5.50. The van der Waals surface area contributed by atoms with Gasteiger partial charge in [0.05, 0.1) is 10.7 Å². The highest BCUT2D eigenvalue weighted by molar-refractivity contribution is 6.36. The molecule has 0 bridgehead atoms. The van der Waals surface area contributed by atoms with Crippen LogP contribution in [0.15, 0.2) is 18.2 Å². The lowest BCUT2D eigenvalue weighted by molar-refractivity contribution is 0.507. The van der Waals surface area contributed by atoms with Crippen LogP contribution in [0.1, 0.15) is 13.3 Å². The zero-order valence-corrected chi connectivity index (χ0v) is 11.2. The smallest absolute Gasteiger partial charge is 0.0652 e. The highest BCUT2D eigenvalue weighted by Crippen LogP contribution is 2.25. The SMILES string of the molecule is CCC(CNC)CNc1ccc(Cl)cc1Cl. The van der Waals surface area contributed by atoms with Crippen molar-refractivity contribution in [1.82, 2.24) is 5.32 Å². The number of benzene rings is 1. The molecule has 1 aromatic rings. The molecule has 4 heteroatoms. The van der Waals surface area contributed by atoms with Gasteiger partial charge < -0.3 is 10.6 Å². The lowest BCUT2D eigenvalue weighted by Crippen LogP contribution is -2.24. The van der Waals surface area contributed by atoms with Crippen molar-refractivity contribution in [2.75, 3.05) is 25.5 Å². The van der Waals surface area contributed by atoms with Gasteiger partial charge in [0.1, 0.15) is 0 Å². The lowest BCUT2D eigenvalue weighted by Gasteiger charge is -2.16. The molecule has 0 aliphatic rings. The Hall–Kier alpha value is -0.440. The largest absolute Gasteiger partial charge is 0.384 e. The number of hydrogen-bond donors (Lipinski definition) is 2. The monoisotopic (exact) mass is 260 g/mol. The van der Waals surface area contributed by atoms with Crippen LogP contribution in [-0.2, 0) is 0 Å². The molecule has 1 aromatic carbocycles. The van der Waals surface area contributed by atoms with E-state index in [0.29, 0.717) is 16.0 Å². The van der Waals surface area contributed by atoms with E-state index in [-0.39, 0.29) is 0 Å². The summed E-state index contributed by atoms with van der Waals surface area (Å²) in [5, 5.41) is 7.87. The Morgan fingerprint density at radius 3 is 2.56 bits per heavy atom. The summed E-state index contributed by atoms with van der Waals surface area (Å²) < 4.78 is 0. The summed E-state index contributed by atoms with van der Waals surface area (Å²) >= 11 is 11.9. The molecule has 90 valence electrons. The fourth-order valence-corrected chi connectivity index (χ4v) is 2.01. The van der Waals surface area contributed by atoms with Crippen LogP contribution in [0, 0.1) is 5.92 Å². The molecule has 0 aliphatic carbocycles. The van der Waals surface area contributed by atoms with Gasteiger partial charge in [-0.05, 0) is 37.7 Å². The fourth-order valence-electron chi connectivity index (χ4n) is 1.54. The predicted octanol–water partition coefficient (Wildman–Crippen LogP) is 3.65. The maximum Gasteiger partial charge on any atom is 0.0652 e. The summed E-state index contributed by atoms with van der Waals surface area (Å²) in [6.45, 7) is 4.11. The van der Waals surface area contributed by atoms with Crippen LogP contribution < -0.4 is 10.6 Å². The maximum atomic E-state index is 6.07. The van der Waals surface area contributed by atoms with Crippen molar-refractivity contribution in [3.8, 4) is 0 Å². The second kappa shape index (κ2) is 7.00. The van der Waals surface area contributed by atoms with Crippen molar-refractivity contribution in [2.45, 2.75) is 13.3 Å². The van der Waals surface area contributed by atoms with E-state index in [4.69, 9.17) is 23.2 Å². The number of nitrogens with one attached hydrogen (secondary N) is 2. The lowest BCUT2D eigenvalue weighted by atomic mass is 10.1. The van der Waals surface area contributed by atoms with Gasteiger partial charge in [-0.3, -0.25) is 0 Å². The fraction of sp³-hybridized carbons (Fsp3) is 0.500. The first-order chi connectivity index (χ1) is 7.67. The van der Waals surface area contributed by atoms with E-state index in [0.717, 1.165) is 25.2 Å². The summed E-state index contributed by atoms with van der Waals surface area (Å²) in [4.78, 5) is 0. The third-order valence-electron chi connectivity index (χ3n) is 2.58. The van der Waals surface area contributed by atoms with Crippen molar-refractivity contribution in [1.29, 1.82) is 0 Å². The van der Waals surface area contributed by atoms with Crippen LogP contribution in [0.5, 0.6) is 0 Å². The minimum Gasteiger partial charge on any atom is -0.384 e. The average molecular weight is 261 g/mol. The van der Waals surface area contributed by atoms with Gasteiger partial charge in [0, 0.05) is 11.6 Å². The molecule has 0 saturated heterocycles. The third kappa shape index (κ3) is 4.20. The summed E-state index contributed by atoms with van der Waals surface area (Å²) in [5.41, 5.74) is 0.945. The van der Waals surface area contributed by atoms with Crippen LogP contribution in [0.25, 0.3) is 0 Å². The first kappa shape index (κ1) is 13.6. The molecule has 2 nitrogen and oxygen atoms in total. The topological polar surface area (TPSA) is 24.1 Å². The molecule has 1 unspecified atom stereocenters. The van der Waals surface area contributed by atoms with E-state index in [1.807, 2.05) is 19.2 Å². The van der Waals surface area contributed by atoms with E-state index in [1.165, 1.54) is 0 Å². The Morgan fingerprint density at radius 2 is 2.00 bits per heavy atom. The van der Waals surface area contributed by atoms with Crippen LogP contribution >= 0.6 is 23.2 Å². The molecule has 0 fully saturated rings. The van der Waals surface area contributed by atoms with E-state index >= 15 is 0 Å². The molecule has 0 spiro atoms. The van der Waals surface area contributed by atoms with Crippen molar-refractivity contribution in [3.63, 3.8) is 0 Å². The molecule has 0 amide bonds. The molecule has 0 aliphatic heterocycles. The second-order valence-electron chi connectivity index (χ2n) is 3.84. The Kier molecular flexibility index (Phi) is 5.96. The van der Waals surface area contributed by atoms with E-state index < -0.39 is 0 Å². The number of halogens is 2. The van der Waals surface area contributed by atoms with E-state index in [1.54, 1.807) is 6.07 Å². The van der Waals surface area contributed by atoms with Crippen LogP contribution in [0.3, 0.4) is 0 Å². The number of rotatable bonds is 6. The molecule has 1 rings (SSSR count). The van der Waals surface area contributed by atoms with Gasteiger partial charge in [-0.25, -0.2) is 0 Å². The van der Waals surface area contributed by atoms with E-state index in [9.17, 15) is 0 Å². The average Bonchev–Trinajstić information content (AvgIpc) is 2.26. The van der Waals surface area contributed by atoms with Crippen LogP contribution in [0.4, 0.5) is 5.69 Å². The van der Waals surface area contributed by atoms with Gasteiger partial charge in [-0.15, -0.1) is 0 Å². The zero-order chi connectivity index (χ0) is 12.0. The summed E-state index contributed by atoms with van der Waals surface area (Å²) in [6.07, 6.45) is 1.14. The molecule has 0 saturated carbocycles. The highest BCUT2D eigenvalue weighted by atomic mass is 35.5. The second-order valence-corrected chi connectivity index (χ2v) is 4.68. The summed E-state index contributed by atoms with van der Waals surface area (Å²) in [7, 11) is 1.97. The number of anilines is 1. The molecule has 0 heterocycles. The number of hydrogen-bond acceptors (Lipinski definition) is 2. The molecular weight excluding hydrogens is 243 g/mol. The van der Waals surface area contributed by atoms with Crippen LogP contribution in [0.2, 0.25) is 10.0 Å². The normalized spacial score (nSPS) is 12.5. The molecule has 0 aromatic heterocycles. The van der Waals surface area contributed by atoms with Gasteiger partial charge >= 0.3 is 0 Å². The van der Waals surface area contributed by atoms with Gasteiger partial charge in [0.2, 0.25) is 0 Å². The predicted molar refractivity (Wildman–Crippen MR) is 72.7 cm³/mol. The Bertz CT molecular complexity index is 329. The van der Waals surface area contributed by atoms with Gasteiger partial charge in [0.25, 0.3) is 0 Å². The van der Waals surface area contributed by atoms with Crippen molar-refractivity contribution >= 4 is 28.9 Å². The first-order valence-corrected chi connectivity index (χ1v) is 6.26. The minimum absolute atomic E-state index is 0.608. The summed E-state index contributed by atoms with van der Waals surface area (Å²) in [6, 6.07) is 5.51. The molecule has 2 N–H and O–H groups in total. The Balaban J connectivity index is 2.53. The highest BCUT2D eigenvalue weighted by Gasteiger charge is 2.06. The molecular formula is C12H18Cl2N2. The van der Waals surface area contributed by atoms with E-state index in [2.05, 4.69) is 17.6 Å². The third-order valence-corrected chi connectivity index (χ3v) is 3.13. The minimum atomic E-state index is 0.608.